The summed E-state index contributed by atoms with van der Waals surface area (Å²) in [7, 11) is 1.59. The molecular weight excluding hydrogens is 320 g/mol. The first-order valence-corrected chi connectivity index (χ1v) is 7.53. The Morgan fingerprint density at radius 3 is 2.64 bits per heavy atom. The number of hydrogen-bond donors (Lipinski definition) is 0. The molecule has 0 saturated carbocycles. The minimum atomic E-state index is -0.473. The van der Waals surface area contributed by atoms with Crippen molar-refractivity contribution in [2.75, 3.05) is 7.11 Å². The normalized spacial score (nSPS) is 10.8. The predicted molar refractivity (Wildman–Crippen MR) is 91.6 cm³/mol. The van der Waals surface area contributed by atoms with Crippen molar-refractivity contribution >= 4 is 12.0 Å². The largest absolute Gasteiger partial charge is 0.496 e. The van der Waals surface area contributed by atoms with Crippen LogP contribution in [0.1, 0.15) is 11.1 Å². The number of tetrazole rings is 1. The molecule has 0 amide bonds. The molecule has 126 valence electrons. The van der Waals surface area contributed by atoms with Crippen LogP contribution in [0.4, 0.5) is 0 Å². The van der Waals surface area contributed by atoms with Gasteiger partial charge in [-0.05, 0) is 59.8 Å². The number of aromatic nitrogens is 4. The van der Waals surface area contributed by atoms with E-state index in [1.807, 2.05) is 25.1 Å². The van der Waals surface area contributed by atoms with Crippen LogP contribution in [-0.4, -0.2) is 33.3 Å². The third-order valence-corrected chi connectivity index (χ3v) is 3.45. The fourth-order valence-electron chi connectivity index (χ4n) is 2.24. The molecule has 0 aliphatic heterocycles. The lowest BCUT2D eigenvalue weighted by Crippen LogP contribution is -2.04. The Hall–Kier alpha value is -3.48. The van der Waals surface area contributed by atoms with Crippen LogP contribution < -0.4 is 9.47 Å². The first kappa shape index (κ1) is 16.4. The van der Waals surface area contributed by atoms with Gasteiger partial charge in [0.05, 0.1) is 12.8 Å². The molecule has 7 nitrogen and oxygen atoms in total. The van der Waals surface area contributed by atoms with Crippen LogP contribution in [0.3, 0.4) is 0 Å². The lowest BCUT2D eigenvalue weighted by molar-refractivity contribution is -0.128. The number of benzene rings is 2. The van der Waals surface area contributed by atoms with Gasteiger partial charge in [0, 0.05) is 11.6 Å². The Balaban J connectivity index is 1.67. The average molecular weight is 336 g/mol. The Kier molecular flexibility index (Phi) is 4.84. The van der Waals surface area contributed by atoms with Crippen LogP contribution in [0.25, 0.3) is 11.8 Å². The number of carbonyl (C=O) groups excluding carboxylic acids is 1. The summed E-state index contributed by atoms with van der Waals surface area (Å²) in [5.41, 5.74) is 2.66. The zero-order chi connectivity index (χ0) is 17.6. The van der Waals surface area contributed by atoms with Gasteiger partial charge in [0.2, 0.25) is 0 Å². The van der Waals surface area contributed by atoms with Gasteiger partial charge >= 0.3 is 5.97 Å². The van der Waals surface area contributed by atoms with Gasteiger partial charge < -0.3 is 9.47 Å². The highest BCUT2D eigenvalue weighted by Crippen LogP contribution is 2.21. The molecular formula is C18H16N4O3. The van der Waals surface area contributed by atoms with E-state index in [9.17, 15) is 4.79 Å². The second kappa shape index (κ2) is 7.39. The molecule has 0 aliphatic rings. The molecule has 0 spiro atoms. The van der Waals surface area contributed by atoms with Gasteiger partial charge in [-0.25, -0.2) is 9.48 Å². The second-order valence-electron chi connectivity index (χ2n) is 5.25. The smallest absolute Gasteiger partial charge is 0.336 e. The molecule has 0 saturated heterocycles. The lowest BCUT2D eigenvalue weighted by Gasteiger charge is -2.06. The summed E-state index contributed by atoms with van der Waals surface area (Å²) in [6.45, 7) is 1.97. The van der Waals surface area contributed by atoms with Crippen LogP contribution in [0.5, 0.6) is 11.5 Å². The number of nitrogens with zero attached hydrogens (tertiary/aromatic N) is 4. The van der Waals surface area contributed by atoms with Crippen LogP contribution in [0, 0.1) is 6.92 Å². The minimum absolute atomic E-state index is 0.433. The van der Waals surface area contributed by atoms with Crippen LogP contribution in [0.15, 0.2) is 54.9 Å². The van der Waals surface area contributed by atoms with E-state index in [1.165, 1.54) is 17.1 Å². The van der Waals surface area contributed by atoms with Crippen molar-refractivity contribution < 1.29 is 14.3 Å². The van der Waals surface area contributed by atoms with Crippen molar-refractivity contribution in [1.82, 2.24) is 20.2 Å². The fourth-order valence-corrected chi connectivity index (χ4v) is 2.24. The molecule has 7 heteroatoms. The molecule has 3 aromatic rings. The molecule has 0 unspecified atom stereocenters. The number of aryl methyl sites for hydroxylation is 1. The highest BCUT2D eigenvalue weighted by Gasteiger charge is 2.04. The molecule has 1 heterocycles. The highest BCUT2D eigenvalue weighted by molar-refractivity contribution is 5.89. The number of ether oxygens (including phenoxy) is 2. The summed E-state index contributed by atoms with van der Waals surface area (Å²) >= 11 is 0. The van der Waals surface area contributed by atoms with Crippen molar-refractivity contribution in [3.8, 4) is 17.2 Å². The summed E-state index contributed by atoms with van der Waals surface area (Å²) in [6.07, 6.45) is 4.52. The first-order chi connectivity index (χ1) is 12.2. The van der Waals surface area contributed by atoms with Gasteiger partial charge in [-0.3, -0.25) is 0 Å². The van der Waals surface area contributed by atoms with Gasteiger partial charge in [-0.15, -0.1) is 5.10 Å². The number of esters is 1. The number of methoxy groups -OCH3 is 1. The van der Waals surface area contributed by atoms with Crippen molar-refractivity contribution in [3.63, 3.8) is 0 Å². The van der Waals surface area contributed by atoms with E-state index in [0.29, 0.717) is 11.5 Å². The Morgan fingerprint density at radius 2 is 1.96 bits per heavy atom. The van der Waals surface area contributed by atoms with Crippen molar-refractivity contribution in [2.24, 2.45) is 0 Å². The van der Waals surface area contributed by atoms with Gasteiger partial charge in [0.25, 0.3) is 0 Å². The van der Waals surface area contributed by atoms with Crippen molar-refractivity contribution in [3.05, 3.63) is 66.0 Å². The van der Waals surface area contributed by atoms with Gasteiger partial charge in [0.1, 0.15) is 17.8 Å². The zero-order valence-electron chi connectivity index (χ0n) is 13.8. The highest BCUT2D eigenvalue weighted by atomic mass is 16.5. The third-order valence-electron chi connectivity index (χ3n) is 3.45. The lowest BCUT2D eigenvalue weighted by atomic mass is 10.1. The minimum Gasteiger partial charge on any atom is -0.496 e. The molecule has 0 fully saturated rings. The molecule has 0 aliphatic carbocycles. The molecule has 0 radical (unpaired) electrons. The Morgan fingerprint density at radius 1 is 1.16 bits per heavy atom. The maximum Gasteiger partial charge on any atom is 0.336 e. The molecule has 0 bridgehead atoms. The summed E-state index contributed by atoms with van der Waals surface area (Å²) in [5.74, 6) is 0.654. The summed E-state index contributed by atoms with van der Waals surface area (Å²) in [6, 6.07) is 12.6. The van der Waals surface area contributed by atoms with Crippen molar-refractivity contribution in [1.29, 1.82) is 0 Å². The topological polar surface area (TPSA) is 79.1 Å². The van der Waals surface area contributed by atoms with Gasteiger partial charge in [-0.1, -0.05) is 11.6 Å². The average Bonchev–Trinajstić information content (AvgIpc) is 3.15. The van der Waals surface area contributed by atoms with Crippen LogP contribution in [0.2, 0.25) is 0 Å². The van der Waals surface area contributed by atoms with Crippen LogP contribution >= 0.6 is 0 Å². The summed E-state index contributed by atoms with van der Waals surface area (Å²) in [4.78, 5) is 12.0. The standard InChI is InChI=1S/C18H16N4O3/c1-13-3-9-17(24-2)14(11-13)4-10-18(23)25-16-7-5-15(6-8-16)22-12-19-20-21-22/h3-12H,1-2H3/b10-4+. The van der Waals surface area contributed by atoms with E-state index < -0.39 is 5.97 Å². The van der Waals surface area contributed by atoms with E-state index in [2.05, 4.69) is 15.5 Å². The molecule has 0 atom stereocenters. The summed E-state index contributed by atoms with van der Waals surface area (Å²) < 4.78 is 12.1. The SMILES string of the molecule is COc1ccc(C)cc1/C=C/C(=O)Oc1ccc(-n2cnnn2)cc1. The quantitative estimate of drug-likeness (QED) is 0.405. The number of hydrogen-bond acceptors (Lipinski definition) is 6. The van der Waals surface area contributed by atoms with Gasteiger partial charge in [-0.2, -0.15) is 0 Å². The second-order valence-corrected chi connectivity index (χ2v) is 5.25. The maximum atomic E-state index is 12.0. The number of rotatable bonds is 5. The molecule has 1 aromatic heterocycles. The number of carbonyl (C=O) groups is 1. The van der Waals surface area contributed by atoms with Crippen LogP contribution in [-0.2, 0) is 4.79 Å². The predicted octanol–water partition coefficient (Wildman–Crippen LogP) is 2.60. The third kappa shape index (κ3) is 4.08. The fraction of sp³-hybridized carbons (Fsp3) is 0.111. The van der Waals surface area contributed by atoms with E-state index in [-0.39, 0.29) is 0 Å². The first-order valence-electron chi connectivity index (χ1n) is 7.53. The van der Waals surface area contributed by atoms with Gasteiger partial charge in [0.15, 0.2) is 0 Å². The van der Waals surface area contributed by atoms with Crippen molar-refractivity contribution in [2.45, 2.75) is 6.92 Å². The zero-order valence-corrected chi connectivity index (χ0v) is 13.8. The summed E-state index contributed by atoms with van der Waals surface area (Å²) in [5, 5.41) is 10.9. The molecule has 2 aromatic carbocycles. The van der Waals surface area contributed by atoms with E-state index in [1.54, 1.807) is 37.5 Å². The Bertz CT molecular complexity index is 887. The van der Waals surface area contributed by atoms with E-state index >= 15 is 0 Å². The van der Waals surface area contributed by atoms with E-state index in [0.717, 1.165) is 16.8 Å². The maximum absolute atomic E-state index is 12.0. The molecule has 3 rings (SSSR count). The van der Waals surface area contributed by atoms with E-state index in [4.69, 9.17) is 9.47 Å². The molecule has 0 N–H and O–H groups in total. The Labute approximate surface area is 144 Å². The monoisotopic (exact) mass is 336 g/mol. The molecule has 25 heavy (non-hydrogen) atoms.